The molecule has 0 aromatic heterocycles. The van der Waals surface area contributed by atoms with E-state index in [1.807, 2.05) is 7.05 Å². The van der Waals surface area contributed by atoms with Gasteiger partial charge in [0, 0.05) is 13.2 Å². The van der Waals surface area contributed by atoms with Crippen LogP contribution in [-0.4, -0.2) is 40.0 Å². The third kappa shape index (κ3) is 12.3. The Balaban J connectivity index is 3.27. The van der Waals surface area contributed by atoms with Crippen molar-refractivity contribution in [2.45, 2.75) is 64.3 Å². The molecule has 0 aromatic carbocycles. The summed E-state index contributed by atoms with van der Waals surface area (Å²) in [5.74, 6) is 0. The molecular formula is C15H33NO2. The lowest BCUT2D eigenvalue weighted by Gasteiger charge is -2.16. The van der Waals surface area contributed by atoms with Crippen molar-refractivity contribution in [2.24, 2.45) is 0 Å². The largest absolute Gasteiger partial charge is 0.382 e. The third-order valence-corrected chi connectivity index (χ3v) is 3.32. The molecule has 1 N–H and O–H groups in total. The lowest BCUT2D eigenvalue weighted by Crippen LogP contribution is -2.30. The van der Waals surface area contributed by atoms with Gasteiger partial charge in [-0.05, 0) is 13.5 Å². The second kappa shape index (κ2) is 14.9. The highest BCUT2D eigenvalue weighted by Gasteiger charge is 2.05. The molecule has 0 aliphatic rings. The van der Waals surface area contributed by atoms with Crippen molar-refractivity contribution in [1.82, 2.24) is 5.32 Å². The molecule has 0 bridgehead atoms. The Kier molecular flexibility index (Phi) is 14.8. The lowest BCUT2D eigenvalue weighted by atomic mass is 10.1. The number of nitrogens with one attached hydrogen (secondary N) is 1. The monoisotopic (exact) mass is 259 g/mol. The summed E-state index contributed by atoms with van der Waals surface area (Å²) in [5, 5.41) is 3.32. The van der Waals surface area contributed by atoms with E-state index in [1.165, 1.54) is 51.4 Å². The van der Waals surface area contributed by atoms with Gasteiger partial charge < -0.3 is 14.8 Å². The molecule has 3 nitrogen and oxygen atoms in total. The minimum atomic E-state index is 0.498. The maximum absolute atomic E-state index is 5.55. The molecule has 0 aliphatic carbocycles. The quantitative estimate of drug-likeness (QED) is 0.485. The van der Waals surface area contributed by atoms with Crippen LogP contribution in [0.4, 0.5) is 0 Å². The zero-order chi connectivity index (χ0) is 13.5. The highest BCUT2D eigenvalue weighted by atomic mass is 16.5. The minimum Gasteiger partial charge on any atom is -0.382 e. The fraction of sp³-hybridized carbons (Fsp3) is 1.00. The molecule has 18 heavy (non-hydrogen) atoms. The van der Waals surface area contributed by atoms with E-state index in [0.717, 1.165) is 6.61 Å². The van der Waals surface area contributed by atoms with Crippen molar-refractivity contribution < 1.29 is 9.47 Å². The molecule has 0 aromatic rings. The zero-order valence-electron chi connectivity index (χ0n) is 12.7. The summed E-state index contributed by atoms with van der Waals surface area (Å²) in [6.07, 6.45) is 10.8. The van der Waals surface area contributed by atoms with E-state index in [0.29, 0.717) is 19.3 Å². The van der Waals surface area contributed by atoms with Crippen LogP contribution >= 0.6 is 0 Å². The molecule has 1 unspecified atom stereocenters. The van der Waals surface area contributed by atoms with Gasteiger partial charge in [-0.1, -0.05) is 51.9 Å². The second-order valence-electron chi connectivity index (χ2n) is 4.96. The minimum absolute atomic E-state index is 0.498. The van der Waals surface area contributed by atoms with Gasteiger partial charge in [0.15, 0.2) is 0 Å². The van der Waals surface area contributed by atoms with Crippen LogP contribution in [-0.2, 0) is 9.47 Å². The number of hydrogen-bond acceptors (Lipinski definition) is 3. The number of hydrogen-bond donors (Lipinski definition) is 1. The third-order valence-electron chi connectivity index (χ3n) is 3.32. The average Bonchev–Trinajstić information content (AvgIpc) is 2.40. The van der Waals surface area contributed by atoms with Gasteiger partial charge in [0.2, 0.25) is 0 Å². The summed E-state index contributed by atoms with van der Waals surface area (Å²) in [4.78, 5) is 0. The van der Waals surface area contributed by atoms with Crippen LogP contribution in [0.2, 0.25) is 0 Å². The molecule has 0 heterocycles. The molecule has 0 radical (unpaired) electrons. The predicted octanol–water partition coefficient (Wildman–Crippen LogP) is 3.38. The Morgan fingerprint density at radius 3 is 2.22 bits per heavy atom. The van der Waals surface area contributed by atoms with Gasteiger partial charge in [0.1, 0.15) is 0 Å². The first-order chi connectivity index (χ1) is 8.85. The number of methoxy groups -OCH3 is 1. The Morgan fingerprint density at radius 1 is 0.944 bits per heavy atom. The van der Waals surface area contributed by atoms with Gasteiger partial charge in [-0.3, -0.25) is 0 Å². The Morgan fingerprint density at radius 2 is 1.61 bits per heavy atom. The molecule has 3 heteroatoms. The molecule has 0 saturated carbocycles. The van der Waals surface area contributed by atoms with E-state index < -0.39 is 0 Å². The van der Waals surface area contributed by atoms with Gasteiger partial charge in [-0.25, -0.2) is 0 Å². The van der Waals surface area contributed by atoms with Crippen LogP contribution in [0.15, 0.2) is 0 Å². The van der Waals surface area contributed by atoms with E-state index in [1.54, 1.807) is 7.11 Å². The molecule has 0 amide bonds. The standard InChI is InChI=1S/C15H33NO2/c1-4-5-6-7-8-9-10-11-15(16-2)14-18-13-12-17-3/h15-16H,4-14H2,1-3H3. The molecule has 0 aliphatic heterocycles. The fourth-order valence-electron chi connectivity index (χ4n) is 2.03. The summed E-state index contributed by atoms with van der Waals surface area (Å²) in [6.45, 7) is 4.45. The van der Waals surface area contributed by atoms with E-state index in [-0.39, 0.29) is 0 Å². The van der Waals surface area contributed by atoms with Gasteiger partial charge >= 0.3 is 0 Å². The van der Waals surface area contributed by atoms with Crippen molar-refractivity contribution in [1.29, 1.82) is 0 Å². The Hall–Kier alpha value is -0.120. The zero-order valence-corrected chi connectivity index (χ0v) is 12.7. The van der Waals surface area contributed by atoms with Crippen molar-refractivity contribution in [3.63, 3.8) is 0 Å². The van der Waals surface area contributed by atoms with E-state index >= 15 is 0 Å². The Bertz CT molecular complexity index is 153. The maximum atomic E-state index is 5.55. The first-order valence-electron chi connectivity index (χ1n) is 7.59. The maximum Gasteiger partial charge on any atom is 0.0701 e. The molecular weight excluding hydrogens is 226 g/mol. The number of ether oxygens (including phenoxy) is 2. The summed E-state index contributed by atoms with van der Waals surface area (Å²) < 4.78 is 10.5. The van der Waals surface area contributed by atoms with Crippen LogP contribution in [0, 0.1) is 0 Å². The summed E-state index contributed by atoms with van der Waals surface area (Å²) in [5.41, 5.74) is 0. The van der Waals surface area contributed by atoms with E-state index in [2.05, 4.69) is 12.2 Å². The van der Waals surface area contributed by atoms with Crippen LogP contribution < -0.4 is 5.32 Å². The number of likely N-dealkylation sites (N-methyl/N-ethyl adjacent to an activating group) is 1. The van der Waals surface area contributed by atoms with Gasteiger partial charge in [0.05, 0.1) is 19.8 Å². The summed E-state index contributed by atoms with van der Waals surface area (Å²) >= 11 is 0. The normalized spacial score (nSPS) is 12.8. The molecule has 0 fully saturated rings. The average molecular weight is 259 g/mol. The Labute approximate surface area is 114 Å². The topological polar surface area (TPSA) is 30.5 Å². The SMILES string of the molecule is CCCCCCCCCC(COCCOC)NC. The van der Waals surface area contributed by atoms with Crippen LogP contribution in [0.25, 0.3) is 0 Å². The van der Waals surface area contributed by atoms with Crippen LogP contribution in [0.5, 0.6) is 0 Å². The van der Waals surface area contributed by atoms with E-state index in [4.69, 9.17) is 9.47 Å². The van der Waals surface area contributed by atoms with Crippen LogP contribution in [0.3, 0.4) is 0 Å². The fourth-order valence-corrected chi connectivity index (χ4v) is 2.03. The molecule has 0 rings (SSSR count). The van der Waals surface area contributed by atoms with Crippen molar-refractivity contribution in [2.75, 3.05) is 34.0 Å². The number of rotatable bonds is 14. The van der Waals surface area contributed by atoms with Gasteiger partial charge in [-0.2, -0.15) is 0 Å². The summed E-state index contributed by atoms with van der Waals surface area (Å²) in [7, 11) is 3.73. The van der Waals surface area contributed by atoms with Crippen molar-refractivity contribution >= 4 is 0 Å². The van der Waals surface area contributed by atoms with Crippen LogP contribution in [0.1, 0.15) is 58.3 Å². The van der Waals surface area contributed by atoms with Crippen molar-refractivity contribution in [3.05, 3.63) is 0 Å². The predicted molar refractivity (Wildman–Crippen MR) is 78.2 cm³/mol. The van der Waals surface area contributed by atoms with Gasteiger partial charge in [-0.15, -0.1) is 0 Å². The molecule has 1 atom stereocenters. The highest BCUT2D eigenvalue weighted by molar-refractivity contribution is 4.63. The van der Waals surface area contributed by atoms with Crippen molar-refractivity contribution in [3.8, 4) is 0 Å². The smallest absolute Gasteiger partial charge is 0.0701 e. The lowest BCUT2D eigenvalue weighted by molar-refractivity contribution is 0.0582. The highest BCUT2D eigenvalue weighted by Crippen LogP contribution is 2.09. The first-order valence-corrected chi connectivity index (χ1v) is 7.59. The van der Waals surface area contributed by atoms with E-state index in [9.17, 15) is 0 Å². The number of unbranched alkanes of at least 4 members (excludes halogenated alkanes) is 6. The molecule has 110 valence electrons. The summed E-state index contributed by atoms with van der Waals surface area (Å²) in [6, 6.07) is 0.498. The second-order valence-corrected chi connectivity index (χ2v) is 4.96. The van der Waals surface area contributed by atoms with Gasteiger partial charge in [0.25, 0.3) is 0 Å². The first kappa shape index (κ1) is 17.9. The molecule has 0 spiro atoms. The molecule has 0 saturated heterocycles.